The number of methoxy groups -OCH3 is 2. The van der Waals surface area contributed by atoms with Crippen LogP contribution in [0.15, 0.2) is 60.8 Å². The predicted octanol–water partition coefficient (Wildman–Crippen LogP) is 5.52. The minimum atomic E-state index is -4.38. The molecule has 2 aromatic carbocycles. The molecule has 0 fully saturated rings. The van der Waals surface area contributed by atoms with E-state index in [1.807, 2.05) is 36.5 Å². The Labute approximate surface area is 179 Å². The summed E-state index contributed by atoms with van der Waals surface area (Å²) in [6, 6.07) is 15.0. The van der Waals surface area contributed by atoms with Crippen molar-refractivity contribution in [2.75, 3.05) is 20.8 Å². The summed E-state index contributed by atoms with van der Waals surface area (Å²) < 4.78 is 53.2. The average molecular weight is 430 g/mol. The molecule has 1 atom stereocenters. The molecule has 31 heavy (non-hydrogen) atoms. The van der Waals surface area contributed by atoms with Crippen LogP contribution in [0.4, 0.5) is 13.2 Å². The van der Waals surface area contributed by atoms with Gasteiger partial charge in [-0.05, 0) is 42.3 Å². The number of alkyl halides is 3. The van der Waals surface area contributed by atoms with Crippen LogP contribution >= 0.6 is 0 Å². The number of benzene rings is 2. The first-order valence-electron chi connectivity index (χ1n) is 10.2. The zero-order chi connectivity index (χ0) is 22.0. The number of aromatic nitrogens is 1. The maximum atomic E-state index is 13.4. The third-order valence-electron chi connectivity index (χ3n) is 5.75. The lowest BCUT2D eigenvalue weighted by Gasteiger charge is -2.31. The molecule has 3 aromatic rings. The van der Waals surface area contributed by atoms with Gasteiger partial charge in [0.15, 0.2) is 0 Å². The third-order valence-corrected chi connectivity index (χ3v) is 5.75. The normalized spacial score (nSPS) is 17.1. The van der Waals surface area contributed by atoms with E-state index in [4.69, 9.17) is 9.47 Å². The molecule has 0 spiro atoms. The zero-order valence-electron chi connectivity index (χ0n) is 17.5. The molecule has 0 radical (unpaired) electrons. The fraction of sp³-hybridized carbons (Fsp3) is 0.333. The number of fused-ring (bicyclic) bond motifs is 1. The fourth-order valence-corrected chi connectivity index (χ4v) is 4.28. The van der Waals surface area contributed by atoms with E-state index < -0.39 is 11.7 Å². The maximum Gasteiger partial charge on any atom is 0.416 e. The van der Waals surface area contributed by atoms with Crippen molar-refractivity contribution in [1.29, 1.82) is 0 Å². The molecule has 0 saturated carbocycles. The van der Waals surface area contributed by atoms with Gasteiger partial charge in [0.2, 0.25) is 0 Å². The fourth-order valence-electron chi connectivity index (χ4n) is 4.28. The Kier molecular flexibility index (Phi) is 5.96. The Hall–Kier alpha value is -2.93. The number of hydrogen-bond acceptors (Lipinski definition) is 3. The van der Waals surface area contributed by atoms with E-state index in [-0.39, 0.29) is 6.04 Å². The number of ether oxygens (including phenoxy) is 2. The standard InChI is InChI=1S/C24H25F3N2O2/c1-30-20-10-9-18(22(15-20)31-2)16-29-13-5-12-28-11-4-8-21(28)23(29)17-6-3-7-19(14-17)24(25,26)27/h3-4,6-11,14-15,23H,5,12-13,16H2,1-2H3. The number of rotatable bonds is 5. The van der Waals surface area contributed by atoms with Gasteiger partial charge in [0.1, 0.15) is 11.5 Å². The maximum absolute atomic E-state index is 13.4. The zero-order valence-corrected chi connectivity index (χ0v) is 17.5. The van der Waals surface area contributed by atoms with Crippen LogP contribution in [-0.4, -0.2) is 30.2 Å². The Bertz CT molecular complexity index is 1050. The first-order chi connectivity index (χ1) is 14.9. The lowest BCUT2D eigenvalue weighted by molar-refractivity contribution is -0.137. The van der Waals surface area contributed by atoms with Crippen molar-refractivity contribution in [3.63, 3.8) is 0 Å². The number of aryl methyl sites for hydroxylation is 1. The highest BCUT2D eigenvalue weighted by molar-refractivity contribution is 5.41. The van der Waals surface area contributed by atoms with Gasteiger partial charge in [-0.15, -0.1) is 0 Å². The number of nitrogens with zero attached hydrogens (tertiary/aromatic N) is 2. The SMILES string of the molecule is COc1ccc(CN2CCCn3cccc3C2c2cccc(C(F)(F)F)c2)c(OC)c1. The predicted molar refractivity (Wildman–Crippen MR) is 112 cm³/mol. The molecular weight excluding hydrogens is 405 g/mol. The molecule has 1 unspecified atom stereocenters. The van der Waals surface area contributed by atoms with Crippen molar-refractivity contribution < 1.29 is 22.6 Å². The van der Waals surface area contributed by atoms with Crippen molar-refractivity contribution in [1.82, 2.24) is 9.47 Å². The lowest BCUT2D eigenvalue weighted by atomic mass is 9.98. The van der Waals surface area contributed by atoms with E-state index >= 15 is 0 Å². The third kappa shape index (κ3) is 4.42. The second kappa shape index (κ2) is 8.67. The van der Waals surface area contributed by atoms with Gasteiger partial charge in [0.25, 0.3) is 0 Å². The average Bonchev–Trinajstić information content (AvgIpc) is 3.14. The second-order valence-electron chi connectivity index (χ2n) is 7.65. The van der Waals surface area contributed by atoms with Gasteiger partial charge >= 0.3 is 6.18 Å². The minimum Gasteiger partial charge on any atom is -0.497 e. The highest BCUT2D eigenvalue weighted by Gasteiger charge is 2.33. The number of halogens is 3. The quantitative estimate of drug-likeness (QED) is 0.533. The molecule has 2 heterocycles. The Morgan fingerprint density at radius 1 is 0.968 bits per heavy atom. The van der Waals surface area contributed by atoms with E-state index in [0.29, 0.717) is 23.6 Å². The van der Waals surface area contributed by atoms with Crippen molar-refractivity contribution >= 4 is 0 Å². The number of hydrogen-bond donors (Lipinski definition) is 0. The van der Waals surface area contributed by atoms with Gasteiger partial charge in [-0.1, -0.05) is 18.2 Å². The summed E-state index contributed by atoms with van der Waals surface area (Å²) >= 11 is 0. The van der Waals surface area contributed by atoms with Gasteiger partial charge in [0.05, 0.1) is 25.8 Å². The summed E-state index contributed by atoms with van der Waals surface area (Å²) in [5.74, 6) is 1.39. The van der Waals surface area contributed by atoms with Crippen LogP contribution in [-0.2, 0) is 19.3 Å². The smallest absolute Gasteiger partial charge is 0.416 e. The molecular formula is C24H25F3N2O2. The molecule has 4 nitrogen and oxygen atoms in total. The van der Waals surface area contributed by atoms with Crippen LogP contribution in [0.2, 0.25) is 0 Å². The summed E-state index contributed by atoms with van der Waals surface area (Å²) in [5, 5.41) is 0. The van der Waals surface area contributed by atoms with Crippen molar-refractivity contribution in [2.24, 2.45) is 0 Å². The molecule has 0 amide bonds. The summed E-state index contributed by atoms with van der Waals surface area (Å²) in [7, 11) is 3.21. The summed E-state index contributed by atoms with van der Waals surface area (Å²) in [4.78, 5) is 2.22. The highest BCUT2D eigenvalue weighted by Crippen LogP contribution is 2.37. The van der Waals surface area contributed by atoms with Gasteiger partial charge in [-0.2, -0.15) is 13.2 Å². The van der Waals surface area contributed by atoms with Crippen molar-refractivity contribution in [2.45, 2.75) is 31.7 Å². The van der Waals surface area contributed by atoms with Crippen LogP contribution in [0.3, 0.4) is 0 Å². The molecule has 0 saturated heterocycles. The second-order valence-corrected chi connectivity index (χ2v) is 7.65. The van der Waals surface area contributed by atoms with E-state index in [1.54, 1.807) is 20.3 Å². The molecule has 4 rings (SSSR count). The largest absolute Gasteiger partial charge is 0.497 e. The van der Waals surface area contributed by atoms with E-state index in [0.717, 1.165) is 36.8 Å². The van der Waals surface area contributed by atoms with E-state index in [2.05, 4.69) is 9.47 Å². The Morgan fingerprint density at radius 3 is 2.55 bits per heavy atom. The molecule has 0 bridgehead atoms. The van der Waals surface area contributed by atoms with Gasteiger partial charge < -0.3 is 14.0 Å². The minimum absolute atomic E-state index is 0.299. The highest BCUT2D eigenvalue weighted by atomic mass is 19.4. The first kappa shape index (κ1) is 21.3. The van der Waals surface area contributed by atoms with Gasteiger partial charge in [0, 0.05) is 43.2 Å². The van der Waals surface area contributed by atoms with Crippen molar-refractivity contribution in [3.8, 4) is 11.5 Å². The summed E-state index contributed by atoms with van der Waals surface area (Å²) in [5.41, 5.74) is 1.95. The van der Waals surface area contributed by atoms with E-state index in [1.165, 1.54) is 12.1 Å². The molecule has 1 aliphatic heterocycles. The molecule has 164 valence electrons. The first-order valence-corrected chi connectivity index (χ1v) is 10.2. The van der Waals surface area contributed by atoms with Crippen molar-refractivity contribution in [3.05, 3.63) is 83.2 Å². The van der Waals surface area contributed by atoms with Crippen LogP contribution in [0.1, 0.15) is 34.8 Å². The van der Waals surface area contributed by atoms with Gasteiger partial charge in [-0.3, -0.25) is 4.90 Å². The molecule has 0 aliphatic carbocycles. The Balaban J connectivity index is 1.76. The van der Waals surface area contributed by atoms with E-state index in [9.17, 15) is 13.2 Å². The van der Waals surface area contributed by atoms with Crippen LogP contribution < -0.4 is 9.47 Å². The topological polar surface area (TPSA) is 26.6 Å². The Morgan fingerprint density at radius 2 is 1.81 bits per heavy atom. The molecule has 7 heteroatoms. The van der Waals surface area contributed by atoms with Crippen LogP contribution in [0.5, 0.6) is 11.5 Å². The summed E-state index contributed by atoms with van der Waals surface area (Å²) in [6.45, 7) is 2.12. The molecule has 0 N–H and O–H groups in total. The summed E-state index contributed by atoms with van der Waals surface area (Å²) in [6.07, 6.45) is -1.49. The van der Waals surface area contributed by atoms with Crippen LogP contribution in [0, 0.1) is 0 Å². The van der Waals surface area contributed by atoms with Gasteiger partial charge in [-0.25, -0.2) is 0 Å². The molecule has 1 aromatic heterocycles. The van der Waals surface area contributed by atoms with Crippen LogP contribution in [0.25, 0.3) is 0 Å². The molecule has 1 aliphatic rings. The monoisotopic (exact) mass is 430 g/mol. The lowest BCUT2D eigenvalue weighted by Crippen LogP contribution is -2.30.